The normalized spacial score (nSPS) is 19.8. The molecule has 1 unspecified atom stereocenters. The van der Waals surface area contributed by atoms with E-state index in [1.54, 1.807) is 0 Å². The van der Waals surface area contributed by atoms with E-state index in [2.05, 4.69) is 26.4 Å². The van der Waals surface area contributed by atoms with Gasteiger partial charge >= 0.3 is 0 Å². The number of aryl methyl sites for hydroxylation is 1. The molecule has 1 aliphatic rings. The zero-order valence-electron chi connectivity index (χ0n) is 13.1. The van der Waals surface area contributed by atoms with E-state index in [4.69, 9.17) is 5.73 Å². The van der Waals surface area contributed by atoms with Crippen LogP contribution in [0, 0.1) is 0 Å². The minimum atomic E-state index is 0.502. The van der Waals surface area contributed by atoms with Crippen LogP contribution in [0.5, 0.6) is 0 Å². The molecular weight excluding hydrogens is 276 g/mol. The fourth-order valence-electron chi connectivity index (χ4n) is 2.97. The third kappa shape index (κ3) is 3.76. The lowest BCUT2D eigenvalue weighted by Gasteiger charge is -2.20. The van der Waals surface area contributed by atoms with Gasteiger partial charge in [0.25, 0.3) is 0 Å². The van der Waals surface area contributed by atoms with Crippen LogP contribution in [0.4, 0.5) is 11.5 Å². The van der Waals surface area contributed by atoms with Crippen molar-refractivity contribution in [3.63, 3.8) is 0 Å². The molecule has 0 aromatic carbocycles. The standard InChI is InChI=1S/C16H24N6/c1-21-15(6-8-19-21)12-22-9-2-3-13(7-10-22)20-14-4-5-16(17)18-11-14/h4-6,8,11,13,20H,2-3,7,9-10,12H2,1H3,(H2,17,18). The van der Waals surface area contributed by atoms with Crippen LogP contribution in [0.1, 0.15) is 25.0 Å². The van der Waals surface area contributed by atoms with Crippen molar-refractivity contribution in [3.8, 4) is 0 Å². The molecule has 3 N–H and O–H groups in total. The molecule has 6 nitrogen and oxygen atoms in total. The lowest BCUT2D eigenvalue weighted by atomic mass is 10.1. The second-order valence-corrected chi connectivity index (χ2v) is 5.97. The summed E-state index contributed by atoms with van der Waals surface area (Å²) >= 11 is 0. The van der Waals surface area contributed by atoms with Gasteiger partial charge in [-0.25, -0.2) is 4.98 Å². The largest absolute Gasteiger partial charge is 0.384 e. The molecule has 3 rings (SSSR count). The molecule has 1 fully saturated rings. The second kappa shape index (κ2) is 6.79. The monoisotopic (exact) mass is 300 g/mol. The Labute approximate surface area is 131 Å². The molecular formula is C16H24N6. The quantitative estimate of drug-likeness (QED) is 0.902. The second-order valence-electron chi connectivity index (χ2n) is 5.97. The maximum Gasteiger partial charge on any atom is 0.123 e. The minimum Gasteiger partial charge on any atom is -0.384 e. The van der Waals surface area contributed by atoms with Gasteiger partial charge in [0.2, 0.25) is 0 Å². The number of rotatable bonds is 4. The SMILES string of the molecule is Cn1nccc1CN1CCCC(Nc2ccc(N)nc2)CC1. The van der Waals surface area contributed by atoms with Gasteiger partial charge in [-0.05, 0) is 44.0 Å². The molecule has 3 heterocycles. The van der Waals surface area contributed by atoms with E-state index < -0.39 is 0 Å². The van der Waals surface area contributed by atoms with Crippen LogP contribution in [-0.2, 0) is 13.6 Å². The fourth-order valence-corrected chi connectivity index (χ4v) is 2.97. The highest BCUT2D eigenvalue weighted by molar-refractivity contribution is 5.45. The summed E-state index contributed by atoms with van der Waals surface area (Å²) in [5.41, 5.74) is 7.95. The van der Waals surface area contributed by atoms with Crippen LogP contribution in [0.2, 0.25) is 0 Å². The number of hydrogen-bond donors (Lipinski definition) is 2. The molecule has 0 amide bonds. The molecule has 22 heavy (non-hydrogen) atoms. The Bertz CT molecular complexity index is 591. The first-order valence-corrected chi connectivity index (χ1v) is 7.88. The van der Waals surface area contributed by atoms with E-state index in [9.17, 15) is 0 Å². The summed E-state index contributed by atoms with van der Waals surface area (Å²) in [6, 6.07) is 6.44. The number of nitrogen functional groups attached to an aromatic ring is 1. The molecule has 118 valence electrons. The number of nitrogens with zero attached hydrogens (tertiary/aromatic N) is 4. The Morgan fingerprint density at radius 3 is 2.91 bits per heavy atom. The van der Waals surface area contributed by atoms with Crippen molar-refractivity contribution in [1.82, 2.24) is 19.7 Å². The molecule has 0 bridgehead atoms. The lowest BCUT2D eigenvalue weighted by molar-refractivity contribution is 0.269. The predicted molar refractivity (Wildman–Crippen MR) is 88.4 cm³/mol. The van der Waals surface area contributed by atoms with E-state index in [1.807, 2.05) is 36.3 Å². The number of hydrogen-bond acceptors (Lipinski definition) is 5. The number of likely N-dealkylation sites (tertiary alicyclic amines) is 1. The van der Waals surface area contributed by atoms with Gasteiger partial charge in [-0.15, -0.1) is 0 Å². The summed E-state index contributed by atoms with van der Waals surface area (Å²) in [5, 5.41) is 7.82. The third-order valence-electron chi connectivity index (χ3n) is 4.29. The van der Waals surface area contributed by atoms with Gasteiger partial charge in [-0.2, -0.15) is 5.10 Å². The molecule has 0 radical (unpaired) electrons. The Hall–Kier alpha value is -2.08. The molecule has 2 aromatic heterocycles. The van der Waals surface area contributed by atoms with Crippen LogP contribution in [0.15, 0.2) is 30.6 Å². The van der Waals surface area contributed by atoms with E-state index in [0.717, 1.165) is 31.7 Å². The predicted octanol–water partition coefficient (Wildman–Crippen LogP) is 1.86. The van der Waals surface area contributed by atoms with Crippen LogP contribution < -0.4 is 11.1 Å². The summed E-state index contributed by atoms with van der Waals surface area (Å²) in [6.07, 6.45) is 7.21. The number of aromatic nitrogens is 3. The van der Waals surface area contributed by atoms with Crippen molar-refractivity contribution < 1.29 is 0 Å². The molecule has 1 aliphatic heterocycles. The number of pyridine rings is 1. The summed E-state index contributed by atoms with van der Waals surface area (Å²) in [4.78, 5) is 6.65. The molecule has 2 aromatic rings. The Balaban J connectivity index is 1.53. The minimum absolute atomic E-state index is 0.502. The van der Waals surface area contributed by atoms with Gasteiger partial charge in [0.15, 0.2) is 0 Å². The maximum absolute atomic E-state index is 5.63. The van der Waals surface area contributed by atoms with Crippen LogP contribution in [-0.4, -0.2) is 38.8 Å². The first-order valence-electron chi connectivity index (χ1n) is 7.88. The number of nitrogens with one attached hydrogen (secondary N) is 1. The molecule has 1 atom stereocenters. The van der Waals surface area contributed by atoms with Crippen LogP contribution in [0.3, 0.4) is 0 Å². The maximum atomic E-state index is 5.63. The first kappa shape index (κ1) is 14.8. The smallest absolute Gasteiger partial charge is 0.123 e. The van der Waals surface area contributed by atoms with E-state index in [-0.39, 0.29) is 0 Å². The summed E-state index contributed by atoms with van der Waals surface area (Å²) in [7, 11) is 2.01. The van der Waals surface area contributed by atoms with Gasteiger partial charge in [-0.3, -0.25) is 9.58 Å². The Morgan fingerprint density at radius 2 is 2.18 bits per heavy atom. The highest BCUT2D eigenvalue weighted by Gasteiger charge is 2.17. The molecule has 0 aliphatic carbocycles. The van der Waals surface area contributed by atoms with Gasteiger partial charge in [0.1, 0.15) is 5.82 Å². The summed E-state index contributed by atoms with van der Waals surface area (Å²) in [5.74, 6) is 0.564. The third-order valence-corrected chi connectivity index (χ3v) is 4.29. The van der Waals surface area contributed by atoms with E-state index in [0.29, 0.717) is 11.9 Å². The van der Waals surface area contributed by atoms with Gasteiger partial charge in [-0.1, -0.05) is 0 Å². The van der Waals surface area contributed by atoms with E-state index >= 15 is 0 Å². The average molecular weight is 300 g/mol. The summed E-state index contributed by atoms with van der Waals surface area (Å²) < 4.78 is 1.96. The van der Waals surface area contributed by atoms with Crippen molar-refractivity contribution >= 4 is 11.5 Å². The van der Waals surface area contributed by atoms with E-state index in [1.165, 1.54) is 18.5 Å². The zero-order chi connectivity index (χ0) is 15.4. The molecule has 1 saturated heterocycles. The first-order chi connectivity index (χ1) is 10.7. The fraction of sp³-hybridized carbons (Fsp3) is 0.500. The number of anilines is 2. The highest BCUT2D eigenvalue weighted by atomic mass is 15.3. The van der Waals surface area contributed by atoms with Gasteiger partial charge in [0, 0.05) is 32.4 Å². The zero-order valence-corrected chi connectivity index (χ0v) is 13.1. The van der Waals surface area contributed by atoms with Crippen molar-refractivity contribution in [1.29, 1.82) is 0 Å². The summed E-state index contributed by atoms with van der Waals surface area (Å²) in [6.45, 7) is 3.22. The van der Waals surface area contributed by atoms with Crippen molar-refractivity contribution in [3.05, 3.63) is 36.3 Å². The molecule has 6 heteroatoms. The molecule has 0 spiro atoms. The van der Waals surface area contributed by atoms with Gasteiger partial charge < -0.3 is 11.1 Å². The lowest BCUT2D eigenvalue weighted by Crippen LogP contribution is -2.27. The van der Waals surface area contributed by atoms with Crippen molar-refractivity contribution in [2.75, 3.05) is 24.1 Å². The van der Waals surface area contributed by atoms with Gasteiger partial charge in [0.05, 0.1) is 17.6 Å². The Morgan fingerprint density at radius 1 is 1.27 bits per heavy atom. The highest BCUT2D eigenvalue weighted by Crippen LogP contribution is 2.18. The van der Waals surface area contributed by atoms with Crippen LogP contribution >= 0.6 is 0 Å². The van der Waals surface area contributed by atoms with Crippen molar-refractivity contribution in [2.24, 2.45) is 7.05 Å². The topological polar surface area (TPSA) is 72.0 Å². The van der Waals surface area contributed by atoms with Crippen molar-refractivity contribution in [2.45, 2.75) is 31.8 Å². The average Bonchev–Trinajstić information content (AvgIpc) is 2.78. The van der Waals surface area contributed by atoms with Crippen LogP contribution in [0.25, 0.3) is 0 Å². The Kier molecular flexibility index (Phi) is 4.58. The number of nitrogens with two attached hydrogens (primary N) is 1. The molecule has 0 saturated carbocycles.